The number of likely N-dealkylation sites (tertiary alicyclic amines) is 3. The lowest BCUT2D eigenvalue weighted by Crippen LogP contribution is -2.30. The summed E-state index contributed by atoms with van der Waals surface area (Å²) in [5.41, 5.74) is 14.0. The maximum absolute atomic E-state index is 12.5. The molecule has 4 aromatic carbocycles. The van der Waals surface area contributed by atoms with Crippen LogP contribution in [0, 0.1) is 5.92 Å². The number of aliphatic carboxylic acids is 1. The van der Waals surface area contributed by atoms with Crippen LogP contribution < -0.4 is 10.6 Å². The number of piperidine rings is 1. The van der Waals surface area contributed by atoms with E-state index >= 15 is 0 Å². The van der Waals surface area contributed by atoms with Crippen molar-refractivity contribution in [1.82, 2.24) is 34.6 Å². The van der Waals surface area contributed by atoms with Crippen LogP contribution in [-0.4, -0.2) is 97.8 Å². The maximum atomic E-state index is 12.5. The summed E-state index contributed by atoms with van der Waals surface area (Å²) in [7, 11) is 2.15. The van der Waals surface area contributed by atoms with Crippen molar-refractivity contribution in [2.45, 2.75) is 65.5 Å². The Balaban J connectivity index is 0.000000186. The van der Waals surface area contributed by atoms with Gasteiger partial charge in [0, 0.05) is 83.6 Å². The van der Waals surface area contributed by atoms with Crippen LogP contribution in [0.2, 0.25) is 0 Å². The smallest absolute Gasteiger partial charge is 0.328 e. The van der Waals surface area contributed by atoms with Crippen molar-refractivity contribution in [3.63, 3.8) is 0 Å². The summed E-state index contributed by atoms with van der Waals surface area (Å²) >= 11 is 0. The van der Waals surface area contributed by atoms with Crippen LogP contribution in [0.3, 0.4) is 0 Å². The molecule has 388 valence electrons. The molecule has 3 N–H and O–H groups in total. The van der Waals surface area contributed by atoms with Gasteiger partial charge in [0.2, 0.25) is 0 Å². The van der Waals surface area contributed by atoms with E-state index in [2.05, 4.69) is 121 Å². The molecule has 0 amide bonds. The molecule has 76 heavy (non-hydrogen) atoms. The third kappa shape index (κ3) is 14.3. The number of anilines is 4. The molecule has 0 aliphatic carbocycles. The predicted molar refractivity (Wildman–Crippen MR) is 311 cm³/mol. The second-order valence-corrected chi connectivity index (χ2v) is 20.2. The minimum Gasteiger partial charge on any atom is -0.478 e. The minimum atomic E-state index is -0.964. The topological polar surface area (TPSA) is 140 Å². The molecule has 4 aromatic heterocycles. The molecule has 0 bridgehead atoms. The molecule has 0 saturated carbocycles. The van der Waals surface area contributed by atoms with E-state index in [0.717, 1.165) is 123 Å². The first kappa shape index (κ1) is 52.9. The Morgan fingerprint density at radius 2 is 1.01 bits per heavy atom. The summed E-state index contributed by atoms with van der Waals surface area (Å²) in [6.45, 7) is 8.98. The number of hydrogen-bond acceptors (Lipinski definition) is 11. The molecular formula is C64H69N9O3. The Bertz CT molecular complexity index is 3270. The van der Waals surface area contributed by atoms with Gasteiger partial charge < -0.3 is 20.6 Å². The molecule has 12 heteroatoms. The number of rotatable bonds is 16. The van der Waals surface area contributed by atoms with Crippen molar-refractivity contribution in [3.8, 4) is 22.5 Å². The number of benzene rings is 4. The predicted octanol–water partition coefficient (Wildman–Crippen LogP) is 13.3. The van der Waals surface area contributed by atoms with Gasteiger partial charge >= 0.3 is 5.97 Å². The van der Waals surface area contributed by atoms with Crippen molar-refractivity contribution in [3.05, 3.63) is 181 Å². The van der Waals surface area contributed by atoms with E-state index in [4.69, 9.17) is 15.1 Å². The number of aromatic nitrogens is 4. The van der Waals surface area contributed by atoms with Crippen LogP contribution in [0.5, 0.6) is 0 Å². The van der Waals surface area contributed by atoms with Gasteiger partial charge in [-0.1, -0.05) is 86.3 Å². The quantitative estimate of drug-likeness (QED) is 0.0794. The molecule has 0 spiro atoms. The molecule has 11 rings (SSSR count). The van der Waals surface area contributed by atoms with Crippen molar-refractivity contribution >= 4 is 68.5 Å². The molecule has 12 nitrogen and oxygen atoms in total. The highest BCUT2D eigenvalue weighted by atomic mass is 16.4. The van der Waals surface area contributed by atoms with E-state index in [-0.39, 0.29) is 13.2 Å². The van der Waals surface area contributed by atoms with Crippen molar-refractivity contribution < 1.29 is 14.7 Å². The Morgan fingerprint density at radius 1 is 0.579 bits per heavy atom. The first-order valence-electron chi connectivity index (χ1n) is 26.4. The second kappa shape index (κ2) is 25.6. The Hall–Kier alpha value is -7.90. The minimum absolute atomic E-state index is 0. The summed E-state index contributed by atoms with van der Waals surface area (Å²) in [6.07, 6.45) is 21.7. The molecule has 0 atom stereocenters. The van der Waals surface area contributed by atoms with E-state index < -0.39 is 5.97 Å². The van der Waals surface area contributed by atoms with Crippen LogP contribution in [0.1, 0.15) is 74.6 Å². The van der Waals surface area contributed by atoms with Gasteiger partial charge in [0.25, 0.3) is 0 Å². The fraction of sp³-hybridized carbons (Fsp3) is 0.281. The van der Waals surface area contributed by atoms with Crippen LogP contribution in [0.25, 0.3) is 56.5 Å². The zero-order chi connectivity index (χ0) is 51.3. The number of pyridine rings is 4. The molecule has 8 aromatic rings. The van der Waals surface area contributed by atoms with Crippen LogP contribution in [0.4, 0.5) is 22.7 Å². The van der Waals surface area contributed by atoms with Gasteiger partial charge in [-0.2, -0.15) is 0 Å². The summed E-state index contributed by atoms with van der Waals surface area (Å²) in [4.78, 5) is 49.1. The first-order chi connectivity index (χ1) is 36.7. The molecule has 3 aliphatic heterocycles. The van der Waals surface area contributed by atoms with Gasteiger partial charge in [0.1, 0.15) is 0 Å². The van der Waals surface area contributed by atoms with Gasteiger partial charge in [-0.05, 0) is 174 Å². The molecule has 3 aliphatic rings. The molecular weight excluding hydrogens is 943 g/mol. The fourth-order valence-electron chi connectivity index (χ4n) is 10.2. The molecule has 0 unspecified atom stereocenters. The highest BCUT2D eigenvalue weighted by Gasteiger charge is 2.19. The van der Waals surface area contributed by atoms with Crippen LogP contribution >= 0.6 is 0 Å². The highest BCUT2D eigenvalue weighted by molar-refractivity contribution is 5.96. The van der Waals surface area contributed by atoms with Gasteiger partial charge in [0.15, 0.2) is 5.78 Å². The Kier molecular flexibility index (Phi) is 17.8. The van der Waals surface area contributed by atoms with Gasteiger partial charge in [-0.25, -0.2) is 14.8 Å². The summed E-state index contributed by atoms with van der Waals surface area (Å²) in [5.74, 6) is -0.238. The number of carbonyl (C=O) groups excluding carboxylic acids is 1. The molecule has 3 saturated heterocycles. The van der Waals surface area contributed by atoms with E-state index in [1.165, 1.54) is 63.0 Å². The monoisotopic (exact) mass is 1010 g/mol. The number of carboxylic acid groups (broad SMARTS) is 1. The Labute approximate surface area is 447 Å². The lowest BCUT2D eigenvalue weighted by Gasteiger charge is -2.28. The maximum Gasteiger partial charge on any atom is 0.328 e. The number of carboxylic acids is 1. The number of carbonyl (C=O) groups is 2. The summed E-state index contributed by atoms with van der Waals surface area (Å²) in [6, 6.07) is 41.3. The molecule has 3 fully saturated rings. The third-order valence-corrected chi connectivity index (χ3v) is 14.5. The second-order valence-electron chi connectivity index (χ2n) is 20.2. The number of nitrogens with zero attached hydrogens (tertiary/aromatic N) is 7. The average Bonchev–Trinajstić information content (AvgIpc) is 4.18. The summed E-state index contributed by atoms with van der Waals surface area (Å²) < 4.78 is 0. The molecule has 7 heterocycles. The number of hydrogen-bond donors (Lipinski definition) is 3. The highest BCUT2D eigenvalue weighted by Crippen LogP contribution is 2.33. The normalized spacial score (nSPS) is 15.5. The van der Waals surface area contributed by atoms with Gasteiger partial charge in [0.05, 0.1) is 33.8 Å². The largest absolute Gasteiger partial charge is 0.478 e. The van der Waals surface area contributed by atoms with Gasteiger partial charge in [-0.15, -0.1) is 0 Å². The van der Waals surface area contributed by atoms with E-state index in [1.54, 1.807) is 24.5 Å². The van der Waals surface area contributed by atoms with Crippen LogP contribution in [0.15, 0.2) is 158 Å². The average molecular weight is 1010 g/mol. The number of ketones is 1. The number of nitrogens with one attached hydrogen (secondary N) is 2. The Morgan fingerprint density at radius 3 is 1.45 bits per heavy atom. The lowest BCUT2D eigenvalue weighted by molar-refractivity contribution is -0.131. The number of allylic oxidation sites excluding steroid dienone is 1. The summed E-state index contributed by atoms with van der Waals surface area (Å²) in [5, 5.41) is 17.9. The standard InChI is InChI=1S/C35H39N5O.C28H26N4O2.CH4/c1-39-20-15-27(16-21-39)22-31(41)13-8-26-4-9-29(10-5-26)34-23-35(32-24-36-17-14-33(32)38-34)37-30-11-6-28(7-12-30)25-40-18-2-3-19-40;33-28(34)12-7-20-3-8-22(9-4-20)26-17-27(24-18-29-14-13-25(24)31-26)30-23-10-5-21(6-11-23)19-32-15-1-2-16-32;/h4-14,17,23-24,27H,2-3,15-16,18-22,25H2,1H3,(H,37,38);3-14,17-18H,1-2,15-16,19H2,(H,30,31)(H,33,34);1H4/b13-8+;12-7+;. The van der Waals surface area contributed by atoms with Gasteiger partial charge in [-0.3, -0.25) is 24.6 Å². The zero-order valence-electron chi connectivity index (χ0n) is 42.7. The first-order valence-corrected chi connectivity index (χ1v) is 26.4. The van der Waals surface area contributed by atoms with E-state index in [9.17, 15) is 9.59 Å². The molecule has 0 radical (unpaired) electrons. The van der Waals surface area contributed by atoms with Crippen LogP contribution in [-0.2, 0) is 22.7 Å². The van der Waals surface area contributed by atoms with Crippen molar-refractivity contribution in [2.75, 3.05) is 56.9 Å². The zero-order valence-corrected chi connectivity index (χ0v) is 42.7. The third-order valence-electron chi connectivity index (χ3n) is 14.5. The lowest BCUT2D eigenvalue weighted by atomic mass is 9.92. The van der Waals surface area contributed by atoms with E-state index in [1.807, 2.05) is 60.9 Å². The van der Waals surface area contributed by atoms with Crippen molar-refractivity contribution in [1.29, 1.82) is 0 Å². The fourth-order valence-corrected chi connectivity index (χ4v) is 10.2. The number of fused-ring (bicyclic) bond motifs is 2. The SMILES string of the molecule is C.CN1CCC(CC(=O)/C=C/c2ccc(-c3cc(Nc4ccc(CN5CCCC5)cc4)c4cnccc4n3)cc2)CC1.O=C(O)/C=C/c1ccc(-c2cc(Nc3ccc(CN4CCCC4)cc3)c3cnccc3n2)cc1. The van der Waals surface area contributed by atoms with Crippen molar-refractivity contribution in [2.24, 2.45) is 5.92 Å². The van der Waals surface area contributed by atoms with E-state index in [0.29, 0.717) is 12.3 Å².